The van der Waals surface area contributed by atoms with Crippen LogP contribution in [0.5, 0.6) is 0 Å². The van der Waals surface area contributed by atoms with Crippen LogP contribution < -0.4 is 5.73 Å². The predicted octanol–water partition coefficient (Wildman–Crippen LogP) is 7.44. The minimum atomic E-state index is -0.709. The molecule has 1 aliphatic heterocycles. The summed E-state index contributed by atoms with van der Waals surface area (Å²) in [6.07, 6.45) is 0.858. The summed E-state index contributed by atoms with van der Waals surface area (Å²) in [6, 6.07) is 19.5. The summed E-state index contributed by atoms with van der Waals surface area (Å²) in [5.74, 6) is 0.803. The second-order valence-electron chi connectivity index (χ2n) is 8.15. The number of allylic oxidation sites excluding steroid dienone is 3. The molecule has 3 aromatic rings. The van der Waals surface area contributed by atoms with E-state index in [1.54, 1.807) is 6.07 Å². The van der Waals surface area contributed by atoms with Gasteiger partial charge in [-0.3, -0.25) is 4.79 Å². The highest BCUT2D eigenvalue weighted by Crippen LogP contribution is 2.48. The minimum absolute atomic E-state index is 0.00799. The third kappa shape index (κ3) is 4.06. The third-order valence-electron chi connectivity index (χ3n) is 6.10. The molecule has 5 rings (SSSR count). The van der Waals surface area contributed by atoms with Gasteiger partial charge in [-0.2, -0.15) is 5.26 Å². The average Bonchev–Trinajstić information content (AvgIpc) is 3.27. The summed E-state index contributed by atoms with van der Waals surface area (Å²) in [5, 5.41) is 9.88. The lowest BCUT2D eigenvalue weighted by molar-refractivity contribution is -0.117. The van der Waals surface area contributed by atoms with Crippen molar-refractivity contribution in [3.63, 3.8) is 0 Å². The number of Topliss-reactive ketones (excluding diaryl/α,β-unsaturated/α-hetero) is 1. The van der Waals surface area contributed by atoms with E-state index in [-0.39, 0.29) is 23.2 Å². The number of rotatable bonds is 3. The number of ketones is 1. The Morgan fingerprint density at radius 3 is 2.38 bits per heavy atom. The zero-order valence-corrected chi connectivity index (χ0v) is 22.4. The van der Waals surface area contributed by atoms with Gasteiger partial charge in [-0.25, -0.2) is 0 Å². The van der Waals surface area contributed by atoms with Gasteiger partial charge in [-0.05, 0) is 67.6 Å². The molecule has 2 aromatic carbocycles. The van der Waals surface area contributed by atoms with Crippen LogP contribution in [0.3, 0.4) is 0 Å². The Hall–Kier alpha value is -2.60. The van der Waals surface area contributed by atoms with Crippen molar-refractivity contribution in [2.75, 3.05) is 0 Å². The maximum absolute atomic E-state index is 13.4. The van der Waals surface area contributed by atoms with Gasteiger partial charge in [0.15, 0.2) is 5.78 Å². The van der Waals surface area contributed by atoms with Gasteiger partial charge in [-0.15, -0.1) is 0 Å². The summed E-state index contributed by atoms with van der Waals surface area (Å²) in [5.41, 5.74) is 8.69. The maximum atomic E-state index is 13.4. The number of nitrogens with zero attached hydrogens (tertiary/aromatic N) is 1. The van der Waals surface area contributed by atoms with E-state index in [1.165, 1.54) is 0 Å². The molecule has 0 bridgehead atoms. The molecule has 0 spiro atoms. The molecule has 1 aliphatic carbocycles. The van der Waals surface area contributed by atoms with Crippen molar-refractivity contribution in [2.24, 2.45) is 5.73 Å². The van der Waals surface area contributed by atoms with Crippen LogP contribution in [-0.4, -0.2) is 5.78 Å². The number of benzene rings is 2. The number of hydrogen-bond acceptors (Lipinski definition) is 5. The molecule has 34 heavy (non-hydrogen) atoms. The number of furan rings is 1. The first-order chi connectivity index (χ1) is 16.4. The lowest BCUT2D eigenvalue weighted by Crippen LogP contribution is -2.29. The minimum Gasteiger partial charge on any atom is -0.460 e. The fourth-order valence-electron chi connectivity index (χ4n) is 4.57. The molecule has 5 nitrogen and oxygen atoms in total. The van der Waals surface area contributed by atoms with E-state index >= 15 is 0 Å². The van der Waals surface area contributed by atoms with Crippen LogP contribution in [-0.2, 0) is 9.53 Å². The molecule has 0 radical (unpaired) electrons. The summed E-state index contributed by atoms with van der Waals surface area (Å²) < 4.78 is 14.7. The van der Waals surface area contributed by atoms with Crippen molar-refractivity contribution >= 4 is 53.6 Å². The Labute approximate surface area is 221 Å². The number of hydrogen-bond donors (Lipinski definition) is 1. The van der Waals surface area contributed by atoms with Crippen molar-refractivity contribution in [1.29, 1.82) is 5.26 Å². The maximum Gasteiger partial charge on any atom is 0.205 e. The molecule has 1 aromatic heterocycles. The fraction of sp³-hybridized carbons (Fsp3) is 0.154. The Morgan fingerprint density at radius 2 is 1.71 bits per heavy atom. The molecule has 2 heterocycles. The highest BCUT2D eigenvalue weighted by Gasteiger charge is 2.42. The molecule has 0 amide bonds. The number of nitrogens with two attached hydrogens (primary N) is 1. The van der Waals surface area contributed by atoms with E-state index in [1.807, 2.05) is 48.5 Å². The normalized spacial score (nSPS) is 20.1. The molecule has 0 saturated heterocycles. The van der Waals surface area contributed by atoms with Gasteiger partial charge < -0.3 is 14.9 Å². The van der Waals surface area contributed by atoms with Gasteiger partial charge in [0.2, 0.25) is 5.88 Å². The molecule has 170 valence electrons. The second kappa shape index (κ2) is 9.21. The number of carbonyl (C=O) groups is 1. The fourth-order valence-corrected chi connectivity index (χ4v) is 7.22. The first-order valence-electron chi connectivity index (χ1n) is 10.5. The van der Waals surface area contributed by atoms with Crippen LogP contribution >= 0.6 is 47.8 Å². The monoisotopic (exact) mass is 642 g/mol. The first-order valence-corrected chi connectivity index (χ1v) is 12.9. The Morgan fingerprint density at radius 1 is 1.00 bits per heavy atom. The molecule has 0 fully saturated rings. The molecule has 2 atom stereocenters. The predicted molar refractivity (Wildman–Crippen MR) is 138 cm³/mol. The number of halogens is 3. The number of nitriles is 1. The van der Waals surface area contributed by atoms with Crippen molar-refractivity contribution in [2.45, 2.75) is 24.7 Å². The Balaban J connectivity index is 1.58. The van der Waals surface area contributed by atoms with Crippen LogP contribution in [0.25, 0.3) is 11.3 Å². The van der Waals surface area contributed by atoms with Gasteiger partial charge in [0, 0.05) is 37.4 Å². The standard InChI is InChI=1S/C26H17Br3N2O3/c27-15-10-17(28)24(18(29)11-15)21-7-6-20(33-21)23-16(12-30)26(31)34-22-9-14(8-19(32)25(22)23)13-4-2-1-3-5-13/h1-7,10-11,14,23H,8-9,31H2/t14-,23-/m1/s1. The summed E-state index contributed by atoms with van der Waals surface area (Å²) in [7, 11) is 0. The summed E-state index contributed by atoms with van der Waals surface area (Å²) in [6.45, 7) is 0. The lowest BCUT2D eigenvalue weighted by Gasteiger charge is -2.33. The molecular weight excluding hydrogens is 628 g/mol. The molecule has 0 unspecified atom stereocenters. The van der Waals surface area contributed by atoms with E-state index in [4.69, 9.17) is 14.9 Å². The SMILES string of the molecule is N#CC1=C(N)OC2=C(C(=O)C[C@@H](c3ccccc3)C2)[C@H]1c1ccc(-c2c(Br)cc(Br)cc2Br)o1. The topological polar surface area (TPSA) is 89.3 Å². The van der Waals surface area contributed by atoms with E-state index in [9.17, 15) is 10.1 Å². The lowest BCUT2D eigenvalue weighted by atomic mass is 9.75. The van der Waals surface area contributed by atoms with Gasteiger partial charge >= 0.3 is 0 Å². The first kappa shape index (κ1) is 23.2. The number of ether oxygens (including phenoxy) is 1. The highest BCUT2D eigenvalue weighted by atomic mass is 79.9. The second-order valence-corrected chi connectivity index (χ2v) is 10.8. The smallest absolute Gasteiger partial charge is 0.205 e. The molecule has 8 heteroatoms. The van der Waals surface area contributed by atoms with Gasteiger partial charge in [0.1, 0.15) is 28.9 Å². The van der Waals surface area contributed by atoms with Crippen LogP contribution in [0, 0.1) is 11.3 Å². The van der Waals surface area contributed by atoms with Crippen LogP contribution in [0.1, 0.15) is 36.0 Å². The summed E-state index contributed by atoms with van der Waals surface area (Å²) >= 11 is 10.6. The van der Waals surface area contributed by atoms with Crippen molar-refractivity contribution in [1.82, 2.24) is 0 Å². The molecule has 2 N–H and O–H groups in total. The highest BCUT2D eigenvalue weighted by molar-refractivity contribution is 9.11. The van der Waals surface area contributed by atoms with Gasteiger partial charge in [0.05, 0.1) is 5.92 Å². The number of carbonyl (C=O) groups excluding carboxylic acids is 1. The Bertz CT molecular complexity index is 1390. The average molecular weight is 645 g/mol. The van der Waals surface area contributed by atoms with E-state index < -0.39 is 5.92 Å². The summed E-state index contributed by atoms with van der Waals surface area (Å²) in [4.78, 5) is 13.4. The molecule has 2 aliphatic rings. The van der Waals surface area contributed by atoms with E-state index in [0.29, 0.717) is 35.7 Å². The van der Waals surface area contributed by atoms with Crippen molar-refractivity contribution in [3.05, 3.63) is 102 Å². The largest absolute Gasteiger partial charge is 0.460 e. The molecule has 0 saturated carbocycles. The van der Waals surface area contributed by atoms with Gasteiger partial charge in [-0.1, -0.05) is 46.3 Å². The van der Waals surface area contributed by atoms with Crippen molar-refractivity contribution < 1.29 is 13.9 Å². The van der Waals surface area contributed by atoms with E-state index in [2.05, 4.69) is 53.9 Å². The van der Waals surface area contributed by atoms with E-state index in [0.717, 1.165) is 24.5 Å². The zero-order valence-electron chi connectivity index (χ0n) is 17.6. The third-order valence-corrected chi connectivity index (χ3v) is 7.81. The quantitative estimate of drug-likeness (QED) is 0.320. The van der Waals surface area contributed by atoms with Crippen LogP contribution in [0.2, 0.25) is 0 Å². The van der Waals surface area contributed by atoms with Crippen LogP contribution in [0.4, 0.5) is 0 Å². The van der Waals surface area contributed by atoms with Crippen molar-refractivity contribution in [3.8, 4) is 17.4 Å². The van der Waals surface area contributed by atoms with Crippen LogP contribution in [0.15, 0.2) is 95.2 Å². The zero-order chi connectivity index (χ0) is 24.0. The Kier molecular flexibility index (Phi) is 6.28. The molecular formula is C26H17Br3N2O3. The van der Waals surface area contributed by atoms with Gasteiger partial charge in [0.25, 0.3) is 0 Å².